The Hall–Kier alpha value is -2.13. The molecule has 0 amide bonds. The van der Waals surface area contributed by atoms with Crippen molar-refractivity contribution in [1.29, 1.82) is 5.26 Å². The molecule has 0 N–H and O–H groups in total. The maximum absolute atomic E-state index is 8.81. The Labute approximate surface area is 111 Å². The van der Waals surface area contributed by atoms with Crippen molar-refractivity contribution in [3.05, 3.63) is 35.8 Å². The molecule has 98 valence electrons. The number of aryl methyl sites for hydroxylation is 1. The zero-order valence-corrected chi connectivity index (χ0v) is 10.8. The second-order valence-electron chi connectivity index (χ2n) is 4.86. The van der Waals surface area contributed by atoms with E-state index in [2.05, 4.69) is 21.1 Å². The van der Waals surface area contributed by atoms with E-state index in [9.17, 15) is 0 Å². The smallest absolute Gasteiger partial charge is 0.191 e. The fourth-order valence-electron chi connectivity index (χ4n) is 2.48. The molecule has 3 heterocycles. The molecular formula is C13H15N5O. The molecule has 0 spiro atoms. The molecule has 1 unspecified atom stereocenters. The number of hydrogen-bond donors (Lipinski definition) is 0. The number of aromatic nitrogens is 3. The molecule has 0 aliphatic carbocycles. The Morgan fingerprint density at radius 3 is 3.16 bits per heavy atom. The van der Waals surface area contributed by atoms with Crippen LogP contribution in [0.3, 0.4) is 0 Å². The number of rotatable bonds is 3. The molecule has 1 aliphatic heterocycles. The molecule has 19 heavy (non-hydrogen) atoms. The number of oxazole rings is 1. The third-order valence-electron chi connectivity index (χ3n) is 3.40. The van der Waals surface area contributed by atoms with Crippen molar-refractivity contribution in [2.24, 2.45) is 0 Å². The SMILES string of the molecule is Cc1nc(CN2CCC(n3cc(C#N)cn3)C2)co1. The van der Waals surface area contributed by atoms with Gasteiger partial charge in [-0.1, -0.05) is 0 Å². The molecule has 1 fully saturated rings. The molecule has 3 rings (SSSR count). The summed E-state index contributed by atoms with van der Waals surface area (Å²) < 4.78 is 7.11. The van der Waals surface area contributed by atoms with Crippen molar-refractivity contribution < 1.29 is 4.42 Å². The van der Waals surface area contributed by atoms with E-state index >= 15 is 0 Å². The summed E-state index contributed by atoms with van der Waals surface area (Å²) in [5, 5.41) is 13.1. The number of likely N-dealkylation sites (tertiary alicyclic amines) is 1. The molecule has 0 radical (unpaired) electrons. The maximum Gasteiger partial charge on any atom is 0.191 e. The first-order valence-corrected chi connectivity index (χ1v) is 6.32. The van der Waals surface area contributed by atoms with Gasteiger partial charge in [0.25, 0.3) is 0 Å². The Bertz CT molecular complexity index is 609. The highest BCUT2D eigenvalue weighted by atomic mass is 16.3. The van der Waals surface area contributed by atoms with Gasteiger partial charge in [-0.2, -0.15) is 10.4 Å². The van der Waals surface area contributed by atoms with Crippen molar-refractivity contribution >= 4 is 0 Å². The topological polar surface area (TPSA) is 70.9 Å². The number of hydrogen-bond acceptors (Lipinski definition) is 5. The predicted molar refractivity (Wildman–Crippen MR) is 67.1 cm³/mol. The first-order valence-electron chi connectivity index (χ1n) is 6.32. The van der Waals surface area contributed by atoms with E-state index in [1.54, 1.807) is 12.5 Å². The van der Waals surface area contributed by atoms with Crippen LogP contribution in [0.5, 0.6) is 0 Å². The Morgan fingerprint density at radius 1 is 1.58 bits per heavy atom. The normalized spacial score (nSPS) is 19.7. The molecule has 2 aromatic rings. The average Bonchev–Trinajstić information content (AvgIpc) is 3.10. The molecule has 0 saturated carbocycles. The maximum atomic E-state index is 8.81. The number of nitrogens with zero attached hydrogens (tertiary/aromatic N) is 5. The largest absolute Gasteiger partial charge is 0.449 e. The summed E-state index contributed by atoms with van der Waals surface area (Å²) in [7, 11) is 0. The molecule has 6 nitrogen and oxygen atoms in total. The summed E-state index contributed by atoms with van der Waals surface area (Å²) in [6.07, 6.45) is 6.19. The van der Waals surface area contributed by atoms with Gasteiger partial charge in [0.15, 0.2) is 5.89 Å². The van der Waals surface area contributed by atoms with Crippen molar-refractivity contribution in [3.63, 3.8) is 0 Å². The van der Waals surface area contributed by atoms with Gasteiger partial charge in [-0.15, -0.1) is 0 Å². The summed E-state index contributed by atoms with van der Waals surface area (Å²) in [6.45, 7) is 4.60. The van der Waals surface area contributed by atoms with Crippen LogP contribution in [0, 0.1) is 18.3 Å². The Morgan fingerprint density at radius 2 is 2.47 bits per heavy atom. The lowest BCUT2D eigenvalue weighted by Crippen LogP contribution is -2.21. The van der Waals surface area contributed by atoms with Crippen LogP contribution >= 0.6 is 0 Å². The lowest BCUT2D eigenvalue weighted by molar-refractivity contribution is 0.308. The highest BCUT2D eigenvalue weighted by molar-refractivity contribution is 5.22. The fraction of sp³-hybridized carbons (Fsp3) is 0.462. The van der Waals surface area contributed by atoms with Crippen LogP contribution in [0.25, 0.3) is 0 Å². The van der Waals surface area contributed by atoms with Gasteiger partial charge in [-0.3, -0.25) is 9.58 Å². The second kappa shape index (κ2) is 4.86. The zero-order valence-electron chi connectivity index (χ0n) is 10.8. The molecule has 0 aromatic carbocycles. The summed E-state index contributed by atoms with van der Waals surface area (Å²) in [6, 6.07) is 2.45. The van der Waals surface area contributed by atoms with Crippen LogP contribution in [0.2, 0.25) is 0 Å². The Kier molecular flexibility index (Phi) is 3.05. The molecule has 0 bridgehead atoms. The molecule has 1 aliphatic rings. The minimum atomic E-state index is 0.343. The van der Waals surface area contributed by atoms with E-state index in [0.29, 0.717) is 17.5 Å². The minimum Gasteiger partial charge on any atom is -0.449 e. The van der Waals surface area contributed by atoms with Crippen LogP contribution in [0.4, 0.5) is 0 Å². The van der Waals surface area contributed by atoms with E-state index in [0.717, 1.165) is 31.7 Å². The minimum absolute atomic E-state index is 0.343. The van der Waals surface area contributed by atoms with Gasteiger partial charge >= 0.3 is 0 Å². The van der Waals surface area contributed by atoms with Crippen LogP contribution in [-0.4, -0.2) is 32.8 Å². The van der Waals surface area contributed by atoms with E-state index in [4.69, 9.17) is 9.68 Å². The first-order chi connectivity index (χ1) is 9.24. The van der Waals surface area contributed by atoms with Gasteiger partial charge in [0.1, 0.15) is 12.3 Å². The van der Waals surface area contributed by atoms with E-state index in [-0.39, 0.29) is 0 Å². The van der Waals surface area contributed by atoms with Crippen LogP contribution in [0.15, 0.2) is 23.1 Å². The van der Waals surface area contributed by atoms with E-state index in [1.807, 2.05) is 17.8 Å². The summed E-state index contributed by atoms with van der Waals surface area (Å²) >= 11 is 0. The average molecular weight is 257 g/mol. The first kappa shape index (κ1) is 11.9. The standard InChI is InChI=1S/C13H15N5O/c1-10-16-12(9-19-10)7-17-3-2-13(8-17)18-6-11(4-14)5-15-18/h5-6,9,13H,2-3,7-8H2,1H3. The van der Waals surface area contributed by atoms with Crippen LogP contribution in [0.1, 0.15) is 29.6 Å². The third kappa shape index (κ3) is 2.51. The summed E-state index contributed by atoms with van der Waals surface area (Å²) in [5.41, 5.74) is 1.59. The van der Waals surface area contributed by atoms with Crippen LogP contribution < -0.4 is 0 Å². The van der Waals surface area contributed by atoms with E-state index < -0.39 is 0 Å². The molecule has 1 atom stereocenters. The molecule has 1 saturated heterocycles. The summed E-state index contributed by atoms with van der Waals surface area (Å²) in [4.78, 5) is 6.64. The van der Waals surface area contributed by atoms with Crippen molar-refractivity contribution in [2.45, 2.75) is 25.9 Å². The number of nitriles is 1. The summed E-state index contributed by atoms with van der Waals surface area (Å²) in [5.74, 6) is 0.705. The monoisotopic (exact) mass is 257 g/mol. The fourth-order valence-corrected chi connectivity index (χ4v) is 2.48. The van der Waals surface area contributed by atoms with Gasteiger partial charge in [0.2, 0.25) is 0 Å². The van der Waals surface area contributed by atoms with Crippen molar-refractivity contribution in [2.75, 3.05) is 13.1 Å². The molecule has 6 heteroatoms. The van der Waals surface area contributed by atoms with Gasteiger partial charge in [-0.25, -0.2) is 4.98 Å². The molecular weight excluding hydrogens is 242 g/mol. The lowest BCUT2D eigenvalue weighted by atomic mass is 10.3. The van der Waals surface area contributed by atoms with Gasteiger partial charge in [0.05, 0.1) is 23.5 Å². The van der Waals surface area contributed by atoms with Gasteiger partial charge in [0, 0.05) is 32.8 Å². The third-order valence-corrected chi connectivity index (χ3v) is 3.40. The van der Waals surface area contributed by atoms with Gasteiger partial charge < -0.3 is 4.42 Å². The lowest BCUT2D eigenvalue weighted by Gasteiger charge is -2.14. The van der Waals surface area contributed by atoms with Crippen molar-refractivity contribution in [1.82, 2.24) is 19.7 Å². The van der Waals surface area contributed by atoms with Gasteiger partial charge in [-0.05, 0) is 6.42 Å². The highest BCUT2D eigenvalue weighted by Crippen LogP contribution is 2.22. The van der Waals surface area contributed by atoms with E-state index in [1.165, 1.54) is 0 Å². The van der Waals surface area contributed by atoms with Crippen molar-refractivity contribution in [3.8, 4) is 6.07 Å². The second-order valence-corrected chi connectivity index (χ2v) is 4.86. The molecule has 2 aromatic heterocycles. The van der Waals surface area contributed by atoms with Crippen LogP contribution in [-0.2, 0) is 6.54 Å². The highest BCUT2D eigenvalue weighted by Gasteiger charge is 2.25. The quantitative estimate of drug-likeness (QED) is 0.833. The zero-order chi connectivity index (χ0) is 13.2. The predicted octanol–water partition coefficient (Wildman–Crippen LogP) is 1.50. The Balaban J connectivity index is 1.62.